The molecule has 0 radical (unpaired) electrons. The van der Waals surface area contributed by atoms with Crippen LogP contribution in [-0.4, -0.2) is 23.4 Å². The minimum absolute atomic E-state index is 0.00190. The van der Waals surface area contributed by atoms with Crippen molar-refractivity contribution in [2.75, 3.05) is 6.54 Å². The Morgan fingerprint density at radius 2 is 1.77 bits per heavy atom. The van der Waals surface area contributed by atoms with Crippen LogP contribution in [-0.2, 0) is 0 Å². The van der Waals surface area contributed by atoms with Crippen molar-refractivity contribution in [1.29, 1.82) is 0 Å². The van der Waals surface area contributed by atoms with Crippen molar-refractivity contribution in [2.24, 2.45) is 5.73 Å². The molecule has 0 saturated heterocycles. The molecule has 4 nitrogen and oxygen atoms in total. The maximum Gasteiger partial charge on any atom is 0.336 e. The Bertz CT molecular complexity index is 346. The summed E-state index contributed by atoms with van der Waals surface area (Å²) in [5.41, 5.74) is 5.29. The van der Waals surface area contributed by atoms with Gasteiger partial charge in [-0.15, -0.1) is 0 Å². The van der Waals surface area contributed by atoms with Crippen molar-refractivity contribution < 1.29 is 14.7 Å². The Kier molecular flexibility index (Phi) is 2.76. The van der Waals surface area contributed by atoms with E-state index in [2.05, 4.69) is 0 Å². The number of carboxylic acids is 1. The van der Waals surface area contributed by atoms with Crippen molar-refractivity contribution in [3.8, 4) is 0 Å². The summed E-state index contributed by atoms with van der Waals surface area (Å²) >= 11 is 0. The van der Waals surface area contributed by atoms with E-state index in [4.69, 9.17) is 10.8 Å². The second-order valence-corrected chi connectivity index (χ2v) is 2.48. The van der Waals surface area contributed by atoms with Gasteiger partial charge >= 0.3 is 5.97 Å². The maximum absolute atomic E-state index is 11.2. The van der Waals surface area contributed by atoms with Gasteiger partial charge in [0.25, 0.3) is 0 Å². The average molecular weight is 179 g/mol. The lowest BCUT2D eigenvalue weighted by Crippen LogP contribution is -2.17. The first kappa shape index (κ1) is 9.41. The van der Waals surface area contributed by atoms with Crippen molar-refractivity contribution in [2.45, 2.75) is 0 Å². The molecule has 0 unspecified atom stereocenters. The Hall–Kier alpha value is -1.68. The number of Topliss-reactive ketones (excluding diaryl/α,β-unsaturated/α-hetero) is 1. The lowest BCUT2D eigenvalue weighted by atomic mass is 10.0. The molecule has 1 rings (SSSR count). The quantitative estimate of drug-likeness (QED) is 0.663. The zero-order chi connectivity index (χ0) is 9.84. The van der Waals surface area contributed by atoms with Gasteiger partial charge in [0.2, 0.25) is 0 Å². The van der Waals surface area contributed by atoms with Gasteiger partial charge in [0.15, 0.2) is 5.78 Å². The van der Waals surface area contributed by atoms with Crippen LogP contribution in [0.1, 0.15) is 20.7 Å². The lowest BCUT2D eigenvalue weighted by Gasteiger charge is -2.01. The number of carbonyl (C=O) groups is 2. The molecule has 1 aromatic carbocycles. The van der Waals surface area contributed by atoms with Crippen molar-refractivity contribution >= 4 is 11.8 Å². The van der Waals surface area contributed by atoms with Crippen LogP contribution in [0, 0.1) is 0 Å². The van der Waals surface area contributed by atoms with E-state index in [9.17, 15) is 9.59 Å². The molecule has 1 aromatic rings. The van der Waals surface area contributed by atoms with E-state index < -0.39 is 5.97 Å². The normalized spacial score (nSPS) is 9.62. The molecule has 0 spiro atoms. The highest BCUT2D eigenvalue weighted by atomic mass is 16.4. The van der Waals surface area contributed by atoms with Crippen LogP contribution in [0.5, 0.6) is 0 Å². The second kappa shape index (κ2) is 3.82. The predicted molar refractivity (Wildman–Crippen MR) is 46.8 cm³/mol. The number of carbonyl (C=O) groups excluding carboxylic acids is 1. The van der Waals surface area contributed by atoms with Crippen LogP contribution in [0.15, 0.2) is 24.3 Å². The van der Waals surface area contributed by atoms with Gasteiger partial charge < -0.3 is 10.8 Å². The molecule has 4 heteroatoms. The Morgan fingerprint density at radius 1 is 1.23 bits per heavy atom. The Balaban J connectivity index is 3.19. The van der Waals surface area contributed by atoms with Gasteiger partial charge in [0.1, 0.15) is 0 Å². The first-order valence-electron chi connectivity index (χ1n) is 3.72. The summed E-state index contributed by atoms with van der Waals surface area (Å²) in [5.74, 6) is -1.48. The fourth-order valence-electron chi connectivity index (χ4n) is 1.02. The van der Waals surface area contributed by atoms with E-state index in [-0.39, 0.29) is 23.5 Å². The fourth-order valence-corrected chi connectivity index (χ4v) is 1.02. The zero-order valence-corrected chi connectivity index (χ0v) is 6.86. The number of nitrogens with two attached hydrogens (primary N) is 1. The van der Waals surface area contributed by atoms with E-state index in [1.165, 1.54) is 12.1 Å². The highest BCUT2D eigenvalue weighted by molar-refractivity contribution is 6.06. The van der Waals surface area contributed by atoms with Gasteiger partial charge in [0.05, 0.1) is 12.1 Å². The third-order valence-corrected chi connectivity index (χ3v) is 1.64. The van der Waals surface area contributed by atoms with Crippen LogP contribution < -0.4 is 5.73 Å². The largest absolute Gasteiger partial charge is 0.478 e. The zero-order valence-electron chi connectivity index (χ0n) is 6.86. The van der Waals surface area contributed by atoms with Crippen LogP contribution in [0.4, 0.5) is 0 Å². The molecule has 0 aliphatic rings. The monoisotopic (exact) mass is 179 g/mol. The van der Waals surface area contributed by atoms with Crippen LogP contribution >= 0.6 is 0 Å². The van der Waals surface area contributed by atoms with Gasteiger partial charge in [0, 0.05) is 5.56 Å². The molecule has 0 heterocycles. The van der Waals surface area contributed by atoms with Crippen LogP contribution in [0.25, 0.3) is 0 Å². The molecule has 68 valence electrons. The SMILES string of the molecule is NCC(=O)c1ccccc1C(=O)O. The van der Waals surface area contributed by atoms with E-state index in [0.29, 0.717) is 0 Å². The molecular weight excluding hydrogens is 170 g/mol. The molecule has 0 saturated carbocycles. The highest BCUT2D eigenvalue weighted by Crippen LogP contribution is 2.08. The van der Waals surface area contributed by atoms with Crippen molar-refractivity contribution in [3.05, 3.63) is 35.4 Å². The Labute approximate surface area is 75.0 Å². The number of carboxylic acid groups (broad SMARTS) is 1. The first-order valence-corrected chi connectivity index (χ1v) is 3.72. The van der Waals surface area contributed by atoms with E-state index in [1.807, 2.05) is 0 Å². The molecule has 0 fully saturated rings. The summed E-state index contributed by atoms with van der Waals surface area (Å²) in [6, 6.07) is 6.01. The van der Waals surface area contributed by atoms with Gasteiger partial charge in [-0.3, -0.25) is 4.79 Å². The van der Waals surface area contributed by atoms with Gasteiger partial charge in [-0.25, -0.2) is 4.79 Å². The number of aromatic carboxylic acids is 1. The summed E-state index contributed by atoms with van der Waals surface area (Å²) < 4.78 is 0. The standard InChI is InChI=1S/C9H9NO3/c10-5-8(11)6-3-1-2-4-7(6)9(12)13/h1-4H,5,10H2,(H,12,13). The summed E-state index contributed by atoms with van der Waals surface area (Å²) in [4.78, 5) is 21.8. The molecule has 0 aromatic heterocycles. The third-order valence-electron chi connectivity index (χ3n) is 1.64. The lowest BCUT2D eigenvalue weighted by molar-refractivity contribution is 0.0692. The maximum atomic E-state index is 11.2. The molecular formula is C9H9NO3. The fraction of sp³-hybridized carbons (Fsp3) is 0.111. The third kappa shape index (κ3) is 1.91. The molecule has 0 atom stereocenters. The van der Waals surface area contributed by atoms with E-state index in [0.717, 1.165) is 0 Å². The van der Waals surface area contributed by atoms with Gasteiger partial charge in [-0.05, 0) is 6.07 Å². The second-order valence-electron chi connectivity index (χ2n) is 2.48. The van der Waals surface area contributed by atoms with E-state index >= 15 is 0 Å². The minimum Gasteiger partial charge on any atom is -0.478 e. The number of benzene rings is 1. The summed E-state index contributed by atoms with van der Waals surface area (Å²) in [5, 5.41) is 8.72. The molecule has 0 amide bonds. The van der Waals surface area contributed by atoms with Crippen molar-refractivity contribution in [1.82, 2.24) is 0 Å². The van der Waals surface area contributed by atoms with Crippen molar-refractivity contribution in [3.63, 3.8) is 0 Å². The smallest absolute Gasteiger partial charge is 0.336 e. The number of ketones is 1. The summed E-state index contributed by atoms with van der Waals surface area (Å²) in [7, 11) is 0. The minimum atomic E-state index is -1.11. The average Bonchev–Trinajstić information content (AvgIpc) is 2.16. The molecule has 0 aliphatic carbocycles. The summed E-state index contributed by atoms with van der Waals surface area (Å²) in [6.45, 7) is -0.176. The topological polar surface area (TPSA) is 80.4 Å². The predicted octanol–water partition coefficient (Wildman–Crippen LogP) is 0.526. The molecule has 3 N–H and O–H groups in total. The van der Waals surface area contributed by atoms with Gasteiger partial charge in [-0.2, -0.15) is 0 Å². The number of hydrogen-bond acceptors (Lipinski definition) is 3. The first-order chi connectivity index (χ1) is 6.16. The Morgan fingerprint density at radius 3 is 2.23 bits per heavy atom. The van der Waals surface area contributed by atoms with Gasteiger partial charge in [-0.1, -0.05) is 18.2 Å². The van der Waals surface area contributed by atoms with Crippen LogP contribution in [0.2, 0.25) is 0 Å². The highest BCUT2D eigenvalue weighted by Gasteiger charge is 2.13. The van der Waals surface area contributed by atoms with Crippen LogP contribution in [0.3, 0.4) is 0 Å². The number of hydrogen-bond donors (Lipinski definition) is 2. The molecule has 0 bridgehead atoms. The van der Waals surface area contributed by atoms with E-state index in [1.54, 1.807) is 12.1 Å². The molecule has 0 aliphatic heterocycles. The molecule has 13 heavy (non-hydrogen) atoms. The summed E-state index contributed by atoms with van der Waals surface area (Å²) in [6.07, 6.45) is 0. The number of rotatable bonds is 3.